The molecule has 0 bridgehead atoms. The normalized spacial score (nSPS) is 11.8. The number of fused-ring (bicyclic) bond motifs is 1. The summed E-state index contributed by atoms with van der Waals surface area (Å²) in [7, 11) is 0. The molecule has 35 heavy (non-hydrogen) atoms. The quantitative estimate of drug-likeness (QED) is 0.322. The van der Waals surface area contributed by atoms with Gasteiger partial charge in [-0.15, -0.1) is 0 Å². The molecular weight excluding hydrogens is 477 g/mol. The fourth-order valence-electron chi connectivity index (χ4n) is 3.92. The van der Waals surface area contributed by atoms with Gasteiger partial charge in [0.1, 0.15) is 0 Å². The molecule has 7 nitrogen and oxygen atoms in total. The maximum atomic E-state index is 13.4. The molecule has 0 atom stereocenters. The summed E-state index contributed by atoms with van der Waals surface area (Å²) in [5, 5.41) is 7.39. The van der Waals surface area contributed by atoms with Crippen LogP contribution in [0, 0.1) is 20.8 Å². The number of hydrogen-bond donors (Lipinski definition) is 2. The summed E-state index contributed by atoms with van der Waals surface area (Å²) in [5.74, 6) is 0.359. The van der Waals surface area contributed by atoms with Crippen LogP contribution in [0.2, 0.25) is 0 Å². The van der Waals surface area contributed by atoms with Crippen molar-refractivity contribution < 1.29 is 13.2 Å². The molecule has 5 aromatic rings. The molecule has 178 valence electrons. The molecule has 0 unspecified atom stereocenters. The molecule has 5 rings (SSSR count). The van der Waals surface area contributed by atoms with Crippen LogP contribution >= 0.6 is 11.5 Å². The van der Waals surface area contributed by atoms with Gasteiger partial charge < -0.3 is 5.32 Å². The van der Waals surface area contributed by atoms with Crippen LogP contribution in [-0.4, -0.2) is 24.1 Å². The van der Waals surface area contributed by atoms with Crippen LogP contribution < -0.4 is 10.9 Å². The Balaban J connectivity index is 1.68. The molecule has 2 aromatic carbocycles. The van der Waals surface area contributed by atoms with Crippen molar-refractivity contribution in [2.45, 2.75) is 26.9 Å². The van der Waals surface area contributed by atoms with Crippen LogP contribution in [0.15, 0.2) is 53.5 Å². The van der Waals surface area contributed by atoms with E-state index in [1.165, 1.54) is 24.7 Å². The minimum atomic E-state index is -4.60. The Morgan fingerprint density at radius 1 is 1.03 bits per heavy atom. The summed E-state index contributed by atoms with van der Waals surface area (Å²) in [6.07, 6.45) is -3.09. The molecule has 0 aliphatic rings. The molecule has 11 heteroatoms. The van der Waals surface area contributed by atoms with Gasteiger partial charge in [0, 0.05) is 23.1 Å². The average Bonchev–Trinajstić information content (AvgIpc) is 3.35. The van der Waals surface area contributed by atoms with Crippen LogP contribution in [0.3, 0.4) is 0 Å². The summed E-state index contributed by atoms with van der Waals surface area (Å²) in [4.78, 5) is 21.1. The zero-order valence-corrected chi connectivity index (χ0v) is 19.7. The SMILES string of the molecule is Cc1cc(C)cc(Nc2ncc(-c3ccc4s[nH]c(=O)c4c3)c(-n3nc(C(F)(F)F)cc3C)n2)c1. The van der Waals surface area contributed by atoms with E-state index in [0.29, 0.717) is 16.5 Å². The van der Waals surface area contributed by atoms with Crippen molar-refractivity contribution >= 4 is 33.3 Å². The number of aryl methyl sites for hydroxylation is 3. The van der Waals surface area contributed by atoms with Gasteiger partial charge in [0.15, 0.2) is 11.5 Å². The second-order valence-electron chi connectivity index (χ2n) is 8.26. The number of hydrogen-bond acceptors (Lipinski definition) is 6. The van der Waals surface area contributed by atoms with E-state index in [1.807, 2.05) is 32.0 Å². The van der Waals surface area contributed by atoms with E-state index in [2.05, 4.69) is 24.8 Å². The molecule has 2 N–H and O–H groups in total. The summed E-state index contributed by atoms with van der Waals surface area (Å²) in [6, 6.07) is 12.0. The van der Waals surface area contributed by atoms with Gasteiger partial charge in [-0.3, -0.25) is 9.17 Å². The first kappa shape index (κ1) is 22.8. The monoisotopic (exact) mass is 496 g/mol. The Labute approximate surface area is 201 Å². The molecule has 0 saturated heterocycles. The molecule has 0 fully saturated rings. The summed E-state index contributed by atoms with van der Waals surface area (Å²) < 4.78 is 44.8. The summed E-state index contributed by atoms with van der Waals surface area (Å²) in [6.45, 7) is 5.45. The Morgan fingerprint density at radius 2 is 1.77 bits per heavy atom. The molecule has 0 radical (unpaired) electrons. The Morgan fingerprint density at radius 3 is 2.46 bits per heavy atom. The molecular formula is C24H19F3N6OS. The fourth-order valence-corrected chi connectivity index (χ4v) is 4.63. The Bertz CT molecular complexity index is 1610. The largest absolute Gasteiger partial charge is 0.435 e. The number of nitrogens with zero attached hydrogens (tertiary/aromatic N) is 4. The van der Waals surface area contributed by atoms with Crippen LogP contribution in [0.25, 0.3) is 27.0 Å². The zero-order valence-electron chi connectivity index (χ0n) is 18.9. The number of alkyl halides is 3. The molecule has 0 amide bonds. The van der Waals surface area contributed by atoms with Crippen LogP contribution in [-0.2, 0) is 6.18 Å². The average molecular weight is 497 g/mol. The Hall–Kier alpha value is -3.99. The third kappa shape index (κ3) is 4.42. The van der Waals surface area contributed by atoms with E-state index in [4.69, 9.17) is 0 Å². The predicted molar refractivity (Wildman–Crippen MR) is 130 cm³/mol. The van der Waals surface area contributed by atoms with Crippen molar-refractivity contribution in [1.82, 2.24) is 24.1 Å². The molecule has 0 saturated carbocycles. The molecule has 0 aliphatic carbocycles. The summed E-state index contributed by atoms with van der Waals surface area (Å²) in [5.41, 5.74) is 2.84. The maximum absolute atomic E-state index is 13.4. The lowest BCUT2D eigenvalue weighted by molar-refractivity contribution is -0.141. The number of aromatic amines is 1. The van der Waals surface area contributed by atoms with Crippen LogP contribution in [0.5, 0.6) is 0 Å². The van der Waals surface area contributed by atoms with Crippen molar-refractivity contribution in [1.29, 1.82) is 0 Å². The first-order valence-electron chi connectivity index (χ1n) is 10.6. The van der Waals surface area contributed by atoms with E-state index in [1.54, 1.807) is 18.2 Å². The van der Waals surface area contributed by atoms with Gasteiger partial charge in [-0.25, -0.2) is 9.67 Å². The van der Waals surface area contributed by atoms with Gasteiger partial charge in [-0.1, -0.05) is 23.7 Å². The van der Waals surface area contributed by atoms with Crippen molar-refractivity contribution in [3.05, 3.63) is 81.5 Å². The predicted octanol–water partition coefficient (Wildman–Crippen LogP) is 5.92. The topological polar surface area (TPSA) is 88.5 Å². The second kappa shape index (κ2) is 8.35. The minimum absolute atomic E-state index is 0.158. The number of halogens is 3. The highest BCUT2D eigenvalue weighted by Crippen LogP contribution is 2.33. The van der Waals surface area contributed by atoms with Gasteiger partial charge in [0.05, 0.1) is 10.1 Å². The van der Waals surface area contributed by atoms with Gasteiger partial charge in [0.2, 0.25) is 5.95 Å². The minimum Gasteiger partial charge on any atom is -0.324 e. The number of rotatable bonds is 4. The number of H-pyrrole nitrogens is 1. The van der Waals surface area contributed by atoms with Crippen molar-refractivity contribution in [3.63, 3.8) is 0 Å². The molecule has 0 spiro atoms. The first-order valence-corrected chi connectivity index (χ1v) is 11.4. The second-order valence-corrected chi connectivity index (χ2v) is 9.11. The van der Waals surface area contributed by atoms with Gasteiger partial charge in [-0.05, 0) is 67.8 Å². The van der Waals surface area contributed by atoms with Crippen molar-refractivity contribution in [2.75, 3.05) is 5.32 Å². The fraction of sp³-hybridized carbons (Fsp3) is 0.167. The lowest BCUT2D eigenvalue weighted by Crippen LogP contribution is -2.10. The van der Waals surface area contributed by atoms with Gasteiger partial charge in [0.25, 0.3) is 5.56 Å². The van der Waals surface area contributed by atoms with Crippen molar-refractivity contribution in [2.24, 2.45) is 0 Å². The molecule has 3 aromatic heterocycles. The lowest BCUT2D eigenvalue weighted by Gasteiger charge is -2.13. The highest BCUT2D eigenvalue weighted by molar-refractivity contribution is 7.13. The first-order chi connectivity index (χ1) is 16.6. The smallest absolute Gasteiger partial charge is 0.324 e. The lowest BCUT2D eigenvalue weighted by atomic mass is 10.1. The van der Waals surface area contributed by atoms with Gasteiger partial charge >= 0.3 is 6.18 Å². The molecule has 0 aliphatic heterocycles. The standard InChI is InChI=1S/C24H19F3N6OS/c1-12-6-13(2)8-16(7-12)29-23-28-11-18(15-4-5-19-17(10-15)22(34)32-35-19)21(30-23)33-14(3)9-20(31-33)24(25,26)27/h4-11H,1-3H3,(H,32,34)(H,28,29,30). The Kier molecular flexibility index (Phi) is 5.43. The zero-order chi connectivity index (χ0) is 24.9. The third-order valence-corrected chi connectivity index (χ3v) is 6.28. The van der Waals surface area contributed by atoms with E-state index < -0.39 is 11.9 Å². The van der Waals surface area contributed by atoms with Crippen molar-refractivity contribution in [3.8, 4) is 16.9 Å². The highest BCUT2D eigenvalue weighted by atomic mass is 32.1. The number of aromatic nitrogens is 5. The van der Waals surface area contributed by atoms with Crippen LogP contribution in [0.1, 0.15) is 22.5 Å². The third-order valence-electron chi connectivity index (χ3n) is 5.41. The maximum Gasteiger partial charge on any atom is 0.435 e. The molecule has 3 heterocycles. The number of anilines is 2. The van der Waals surface area contributed by atoms with E-state index >= 15 is 0 Å². The number of nitrogens with one attached hydrogen (secondary N) is 2. The van der Waals surface area contributed by atoms with Gasteiger partial charge in [-0.2, -0.15) is 23.3 Å². The van der Waals surface area contributed by atoms with Crippen LogP contribution in [0.4, 0.5) is 24.8 Å². The van der Waals surface area contributed by atoms with E-state index in [0.717, 1.165) is 32.3 Å². The highest BCUT2D eigenvalue weighted by Gasteiger charge is 2.35. The van der Waals surface area contributed by atoms with E-state index in [9.17, 15) is 18.0 Å². The van der Waals surface area contributed by atoms with E-state index in [-0.39, 0.29) is 23.0 Å². The summed E-state index contributed by atoms with van der Waals surface area (Å²) >= 11 is 1.21. The number of benzene rings is 2.